The molecule has 1 aromatic heterocycles. The van der Waals surface area contributed by atoms with Crippen LogP contribution in [0, 0.1) is 0 Å². The van der Waals surface area contributed by atoms with Gasteiger partial charge < -0.3 is 15.7 Å². The molecule has 2 aromatic rings. The maximum absolute atomic E-state index is 8.98. The van der Waals surface area contributed by atoms with E-state index in [1.165, 1.54) is 0 Å². The molecule has 0 aliphatic carbocycles. The van der Waals surface area contributed by atoms with Crippen LogP contribution >= 0.6 is 15.9 Å². The number of aliphatic hydroxyl groups excluding tert-OH is 1. The largest absolute Gasteiger partial charge is 0.398 e. The van der Waals surface area contributed by atoms with Crippen LogP contribution in [0.1, 0.15) is 13.3 Å². The van der Waals surface area contributed by atoms with Crippen LogP contribution in [-0.2, 0) is 0 Å². The molecule has 0 saturated carbocycles. The topological polar surface area (TPSA) is 62.4 Å². The van der Waals surface area contributed by atoms with Crippen LogP contribution in [0.15, 0.2) is 28.9 Å². The first-order chi connectivity index (χ1) is 9.17. The third kappa shape index (κ3) is 2.98. The molecule has 0 saturated heterocycles. The van der Waals surface area contributed by atoms with Gasteiger partial charge in [-0.05, 0) is 47.5 Å². The lowest BCUT2D eigenvalue weighted by molar-refractivity contribution is 0.289. The lowest BCUT2D eigenvalue weighted by atomic mass is 10.1. The van der Waals surface area contributed by atoms with Gasteiger partial charge in [-0.1, -0.05) is 0 Å². The third-order valence-corrected chi connectivity index (χ3v) is 3.57. The van der Waals surface area contributed by atoms with E-state index in [0.717, 1.165) is 46.3 Å². The summed E-state index contributed by atoms with van der Waals surface area (Å²) in [6.07, 6.45) is 2.53. The Bertz CT molecular complexity index is 574. The summed E-state index contributed by atoms with van der Waals surface area (Å²) in [4.78, 5) is 6.69. The van der Waals surface area contributed by atoms with Gasteiger partial charge in [0.25, 0.3) is 0 Å². The first kappa shape index (κ1) is 14.1. The van der Waals surface area contributed by atoms with Crippen molar-refractivity contribution in [2.75, 3.05) is 30.3 Å². The van der Waals surface area contributed by atoms with Gasteiger partial charge in [0.15, 0.2) is 0 Å². The number of aliphatic hydroxyl groups is 1. The number of pyridine rings is 1. The van der Waals surface area contributed by atoms with E-state index in [1.807, 2.05) is 18.2 Å². The Morgan fingerprint density at radius 1 is 1.42 bits per heavy atom. The molecule has 2 rings (SSSR count). The van der Waals surface area contributed by atoms with E-state index < -0.39 is 0 Å². The fraction of sp³-hybridized carbons (Fsp3) is 0.357. The zero-order chi connectivity index (χ0) is 13.8. The summed E-state index contributed by atoms with van der Waals surface area (Å²) in [5.74, 6) is 0. The highest BCUT2D eigenvalue weighted by Gasteiger charge is 2.11. The smallest absolute Gasteiger partial charge is 0.0956 e. The molecule has 5 heteroatoms. The molecule has 0 radical (unpaired) electrons. The van der Waals surface area contributed by atoms with Crippen LogP contribution in [0.2, 0.25) is 0 Å². The summed E-state index contributed by atoms with van der Waals surface area (Å²) in [6.45, 7) is 3.97. The maximum atomic E-state index is 8.98. The van der Waals surface area contributed by atoms with Crippen molar-refractivity contribution < 1.29 is 5.11 Å². The van der Waals surface area contributed by atoms with Crippen molar-refractivity contribution >= 4 is 38.2 Å². The number of benzene rings is 1. The van der Waals surface area contributed by atoms with Crippen molar-refractivity contribution in [2.24, 2.45) is 0 Å². The van der Waals surface area contributed by atoms with Crippen molar-refractivity contribution in [3.63, 3.8) is 0 Å². The average Bonchev–Trinajstić information content (AvgIpc) is 2.42. The van der Waals surface area contributed by atoms with Crippen molar-refractivity contribution in [2.45, 2.75) is 13.3 Å². The number of hydrogen-bond acceptors (Lipinski definition) is 4. The molecule has 0 fully saturated rings. The zero-order valence-corrected chi connectivity index (χ0v) is 12.5. The molecule has 0 aliphatic heterocycles. The minimum Gasteiger partial charge on any atom is -0.398 e. The van der Waals surface area contributed by atoms with E-state index >= 15 is 0 Å². The first-order valence-electron chi connectivity index (χ1n) is 6.37. The van der Waals surface area contributed by atoms with Crippen LogP contribution < -0.4 is 10.6 Å². The fourth-order valence-electron chi connectivity index (χ4n) is 2.17. The highest BCUT2D eigenvalue weighted by Crippen LogP contribution is 2.31. The molecule has 0 unspecified atom stereocenters. The Hall–Kier alpha value is -1.33. The normalized spacial score (nSPS) is 10.9. The second-order valence-corrected chi connectivity index (χ2v) is 5.30. The Morgan fingerprint density at radius 2 is 2.21 bits per heavy atom. The van der Waals surface area contributed by atoms with Crippen LogP contribution in [-0.4, -0.2) is 29.8 Å². The Balaban J connectivity index is 2.51. The Labute approximate surface area is 121 Å². The van der Waals surface area contributed by atoms with Crippen molar-refractivity contribution in [1.29, 1.82) is 0 Å². The molecule has 3 N–H and O–H groups in total. The van der Waals surface area contributed by atoms with Gasteiger partial charge in [0.2, 0.25) is 0 Å². The van der Waals surface area contributed by atoms with Gasteiger partial charge in [-0.3, -0.25) is 4.98 Å². The summed E-state index contributed by atoms with van der Waals surface area (Å²) >= 11 is 3.42. The number of nitrogen functional groups attached to an aromatic ring is 1. The number of anilines is 2. The lowest BCUT2D eigenvalue weighted by Gasteiger charge is -2.24. The van der Waals surface area contributed by atoms with Crippen molar-refractivity contribution in [3.05, 3.63) is 28.9 Å². The highest BCUT2D eigenvalue weighted by atomic mass is 79.9. The monoisotopic (exact) mass is 323 g/mol. The molecular weight excluding hydrogens is 306 g/mol. The molecule has 1 heterocycles. The van der Waals surface area contributed by atoms with E-state index in [9.17, 15) is 0 Å². The summed E-state index contributed by atoms with van der Waals surface area (Å²) in [5, 5.41) is 9.94. The summed E-state index contributed by atoms with van der Waals surface area (Å²) in [7, 11) is 0. The summed E-state index contributed by atoms with van der Waals surface area (Å²) in [6, 6.07) is 5.90. The van der Waals surface area contributed by atoms with E-state index in [1.54, 1.807) is 6.20 Å². The maximum Gasteiger partial charge on any atom is 0.0956 e. The number of halogens is 1. The predicted octanol–water partition coefficient (Wildman–Crippen LogP) is 2.79. The van der Waals surface area contributed by atoms with Gasteiger partial charge in [0.05, 0.1) is 11.2 Å². The van der Waals surface area contributed by atoms with Crippen molar-refractivity contribution in [3.8, 4) is 0 Å². The first-order valence-corrected chi connectivity index (χ1v) is 7.16. The van der Waals surface area contributed by atoms with Gasteiger partial charge in [-0.25, -0.2) is 0 Å². The Kier molecular flexibility index (Phi) is 4.61. The van der Waals surface area contributed by atoms with Gasteiger partial charge >= 0.3 is 0 Å². The Morgan fingerprint density at radius 3 is 2.89 bits per heavy atom. The number of nitrogens with zero attached hydrogens (tertiary/aromatic N) is 2. The molecule has 1 aromatic carbocycles. The molecule has 4 nitrogen and oxygen atoms in total. The van der Waals surface area contributed by atoms with Crippen molar-refractivity contribution in [1.82, 2.24) is 4.98 Å². The van der Waals surface area contributed by atoms with E-state index in [-0.39, 0.29) is 6.61 Å². The van der Waals surface area contributed by atoms with Gasteiger partial charge in [-0.2, -0.15) is 0 Å². The lowest BCUT2D eigenvalue weighted by Crippen LogP contribution is -2.25. The molecule has 0 atom stereocenters. The second-order valence-electron chi connectivity index (χ2n) is 4.38. The van der Waals surface area contributed by atoms with Gasteiger partial charge in [0, 0.05) is 41.4 Å². The summed E-state index contributed by atoms with van der Waals surface area (Å²) in [5.41, 5.74) is 8.71. The minimum absolute atomic E-state index is 0.197. The quantitative estimate of drug-likeness (QED) is 0.830. The van der Waals surface area contributed by atoms with Crippen LogP contribution in [0.5, 0.6) is 0 Å². The standard InChI is InChI=1S/C14H18BrN3O/c1-2-18(6-3-7-19)13-5-4-12(16)11-8-10(15)9-17-14(11)13/h4-5,8-9,19H,2-3,6-7,16H2,1H3. The van der Waals surface area contributed by atoms with Crippen LogP contribution in [0.25, 0.3) is 10.9 Å². The van der Waals surface area contributed by atoms with Gasteiger partial charge in [-0.15, -0.1) is 0 Å². The second kappa shape index (κ2) is 6.21. The zero-order valence-electron chi connectivity index (χ0n) is 10.9. The number of rotatable bonds is 5. The molecule has 102 valence electrons. The van der Waals surface area contributed by atoms with Crippen LogP contribution in [0.3, 0.4) is 0 Å². The highest BCUT2D eigenvalue weighted by molar-refractivity contribution is 9.10. The number of nitrogens with two attached hydrogens (primary N) is 1. The minimum atomic E-state index is 0.197. The van der Waals surface area contributed by atoms with E-state index in [0.29, 0.717) is 0 Å². The third-order valence-electron chi connectivity index (χ3n) is 3.14. The average molecular weight is 324 g/mol. The molecule has 0 spiro atoms. The van der Waals surface area contributed by atoms with Crippen LogP contribution in [0.4, 0.5) is 11.4 Å². The molecular formula is C14H18BrN3O. The molecule has 0 aliphatic rings. The summed E-state index contributed by atoms with van der Waals surface area (Å²) < 4.78 is 0.919. The van der Waals surface area contributed by atoms with E-state index in [4.69, 9.17) is 10.8 Å². The van der Waals surface area contributed by atoms with E-state index in [2.05, 4.69) is 32.7 Å². The number of aromatic nitrogens is 1. The molecule has 0 bridgehead atoms. The SMILES string of the molecule is CCN(CCCO)c1ccc(N)c2cc(Br)cnc12. The fourth-order valence-corrected chi connectivity index (χ4v) is 2.50. The van der Waals surface area contributed by atoms with Gasteiger partial charge in [0.1, 0.15) is 0 Å². The molecule has 19 heavy (non-hydrogen) atoms. The number of fused-ring (bicyclic) bond motifs is 1. The predicted molar refractivity (Wildman–Crippen MR) is 83.4 cm³/mol. The number of hydrogen-bond donors (Lipinski definition) is 2. The molecule has 0 amide bonds.